The molecule has 0 N–H and O–H groups in total. The summed E-state index contributed by atoms with van der Waals surface area (Å²) in [6, 6.07) is 8.27. The van der Waals surface area contributed by atoms with E-state index >= 15 is 0 Å². The zero-order valence-corrected chi connectivity index (χ0v) is 10.8. The van der Waals surface area contributed by atoms with E-state index < -0.39 is 0 Å². The van der Waals surface area contributed by atoms with Crippen LogP contribution >= 0.6 is 47.8 Å². The number of alkyl halides is 2. The quantitative estimate of drug-likeness (QED) is 0.608. The van der Waals surface area contributed by atoms with Crippen molar-refractivity contribution < 1.29 is 0 Å². The molecule has 0 aliphatic heterocycles. The molecule has 2 rings (SSSR count). The maximum absolute atomic E-state index is 3.59. The molecular weight excluding hydrogens is 348 g/mol. The summed E-state index contributed by atoms with van der Waals surface area (Å²) in [4.78, 5) is 0. The Bertz CT molecular complexity index is 353. The van der Waals surface area contributed by atoms with Gasteiger partial charge < -0.3 is 0 Å². The molecule has 0 saturated heterocycles. The van der Waals surface area contributed by atoms with E-state index in [9.17, 15) is 0 Å². The van der Waals surface area contributed by atoms with Gasteiger partial charge in [-0.1, -0.05) is 72.1 Å². The lowest BCUT2D eigenvalue weighted by atomic mass is 10.1. The molecule has 1 aliphatic carbocycles. The van der Waals surface area contributed by atoms with Gasteiger partial charge in [-0.05, 0) is 17.2 Å². The molecule has 0 bridgehead atoms. The van der Waals surface area contributed by atoms with Crippen LogP contribution in [0.25, 0.3) is 4.48 Å². The third-order valence-electron chi connectivity index (χ3n) is 1.85. The molecule has 1 aliphatic rings. The van der Waals surface area contributed by atoms with Crippen molar-refractivity contribution in [1.29, 1.82) is 0 Å². The zero-order chi connectivity index (χ0) is 8.77. The Morgan fingerprint density at radius 2 is 1.75 bits per heavy atom. The number of halogens is 3. The van der Waals surface area contributed by atoms with Gasteiger partial charge in [0.05, 0.1) is 0 Å². The van der Waals surface area contributed by atoms with Gasteiger partial charge in [0.2, 0.25) is 0 Å². The molecule has 0 atom stereocenters. The summed E-state index contributed by atoms with van der Waals surface area (Å²) in [7, 11) is 0. The summed E-state index contributed by atoms with van der Waals surface area (Å²) in [5.74, 6) is 0. The summed E-state index contributed by atoms with van der Waals surface area (Å²) in [5.41, 5.74) is 2.49. The molecule has 0 saturated carbocycles. The molecule has 0 amide bonds. The minimum atomic E-state index is -0.185. The highest BCUT2D eigenvalue weighted by Gasteiger charge is 2.31. The van der Waals surface area contributed by atoms with Gasteiger partial charge in [0.1, 0.15) is 3.23 Å². The number of rotatable bonds is 0. The van der Waals surface area contributed by atoms with Crippen LogP contribution in [0.5, 0.6) is 0 Å². The summed E-state index contributed by atoms with van der Waals surface area (Å²) in [5, 5.41) is 0. The lowest BCUT2D eigenvalue weighted by molar-refractivity contribution is 1.23. The largest absolute Gasteiger partial charge is 0.125 e. The molecule has 1 aromatic carbocycles. The topological polar surface area (TPSA) is 0 Å². The SMILES string of the molecule is BrC1=CC(Br)(Br)c2ccccc21. The average molecular weight is 353 g/mol. The number of hydrogen-bond acceptors (Lipinski definition) is 0. The fraction of sp³-hybridized carbons (Fsp3) is 0.111. The lowest BCUT2D eigenvalue weighted by Gasteiger charge is -2.11. The Kier molecular flexibility index (Phi) is 2.22. The second kappa shape index (κ2) is 2.96. The van der Waals surface area contributed by atoms with Crippen molar-refractivity contribution in [2.24, 2.45) is 0 Å². The predicted octanol–water partition coefficient (Wildman–Crippen LogP) is 4.38. The molecule has 0 aromatic heterocycles. The Morgan fingerprint density at radius 3 is 2.42 bits per heavy atom. The third-order valence-corrected chi connectivity index (χ3v) is 3.82. The van der Waals surface area contributed by atoms with E-state index in [-0.39, 0.29) is 3.23 Å². The van der Waals surface area contributed by atoms with Crippen molar-refractivity contribution in [3.05, 3.63) is 41.5 Å². The van der Waals surface area contributed by atoms with Crippen LogP contribution in [-0.4, -0.2) is 0 Å². The molecule has 0 spiro atoms. The fourth-order valence-electron chi connectivity index (χ4n) is 1.30. The van der Waals surface area contributed by atoms with Crippen molar-refractivity contribution in [1.82, 2.24) is 0 Å². The normalized spacial score (nSPS) is 18.8. The van der Waals surface area contributed by atoms with E-state index in [0.29, 0.717) is 0 Å². The summed E-state index contributed by atoms with van der Waals surface area (Å²) >= 11 is 10.7. The average Bonchev–Trinajstić information content (AvgIpc) is 2.25. The molecule has 0 radical (unpaired) electrons. The first-order chi connectivity index (χ1) is 5.61. The first-order valence-electron chi connectivity index (χ1n) is 3.47. The van der Waals surface area contributed by atoms with Crippen LogP contribution < -0.4 is 0 Å². The zero-order valence-electron chi connectivity index (χ0n) is 6.02. The van der Waals surface area contributed by atoms with Gasteiger partial charge in [-0.3, -0.25) is 0 Å². The number of allylic oxidation sites excluding steroid dienone is 1. The van der Waals surface area contributed by atoms with Crippen LogP contribution in [0.15, 0.2) is 30.3 Å². The predicted molar refractivity (Wildman–Crippen MR) is 62.9 cm³/mol. The van der Waals surface area contributed by atoms with Crippen molar-refractivity contribution in [2.75, 3.05) is 0 Å². The summed E-state index contributed by atoms with van der Waals surface area (Å²) in [6.07, 6.45) is 2.09. The number of hydrogen-bond donors (Lipinski definition) is 0. The molecule has 1 aromatic rings. The second-order valence-corrected chi connectivity index (χ2v) is 7.08. The van der Waals surface area contributed by atoms with Crippen molar-refractivity contribution in [3.8, 4) is 0 Å². The van der Waals surface area contributed by atoms with Crippen molar-refractivity contribution >= 4 is 52.3 Å². The Hall–Kier alpha value is 0.400. The smallest absolute Gasteiger partial charge is 0.0627 e. The van der Waals surface area contributed by atoms with Crippen LogP contribution in [-0.2, 0) is 3.23 Å². The van der Waals surface area contributed by atoms with Gasteiger partial charge in [-0.2, -0.15) is 0 Å². The molecule has 12 heavy (non-hydrogen) atoms. The van der Waals surface area contributed by atoms with E-state index in [1.807, 2.05) is 12.1 Å². The van der Waals surface area contributed by atoms with E-state index in [2.05, 4.69) is 66.0 Å². The minimum Gasteiger partial charge on any atom is -0.0627 e. The van der Waals surface area contributed by atoms with Gasteiger partial charge in [-0.25, -0.2) is 0 Å². The summed E-state index contributed by atoms with van der Waals surface area (Å²) < 4.78 is 0.946. The van der Waals surface area contributed by atoms with Gasteiger partial charge in [-0.15, -0.1) is 0 Å². The highest BCUT2D eigenvalue weighted by Crippen LogP contribution is 2.50. The van der Waals surface area contributed by atoms with E-state index in [0.717, 1.165) is 4.48 Å². The Labute approximate surface area is 96.4 Å². The lowest BCUT2D eigenvalue weighted by Crippen LogP contribution is -2.00. The standard InChI is InChI=1S/C9H5Br3/c10-8-5-9(11,12)7-4-2-1-3-6(7)8/h1-5H. The Morgan fingerprint density at radius 1 is 1.08 bits per heavy atom. The molecule has 0 heterocycles. The van der Waals surface area contributed by atoms with Crippen molar-refractivity contribution in [3.63, 3.8) is 0 Å². The van der Waals surface area contributed by atoms with E-state index in [4.69, 9.17) is 0 Å². The summed E-state index contributed by atoms with van der Waals surface area (Å²) in [6.45, 7) is 0. The van der Waals surface area contributed by atoms with Crippen molar-refractivity contribution in [2.45, 2.75) is 3.23 Å². The highest BCUT2D eigenvalue weighted by atomic mass is 79.9. The monoisotopic (exact) mass is 350 g/mol. The molecule has 3 heteroatoms. The second-order valence-electron chi connectivity index (χ2n) is 2.66. The first-order valence-corrected chi connectivity index (χ1v) is 5.85. The first kappa shape index (κ1) is 8.97. The fourth-order valence-corrected chi connectivity index (χ4v) is 3.75. The van der Waals surface area contributed by atoms with E-state index in [1.54, 1.807) is 0 Å². The molecule has 0 nitrogen and oxygen atoms in total. The van der Waals surface area contributed by atoms with Crippen LogP contribution in [0.1, 0.15) is 11.1 Å². The molecule has 0 unspecified atom stereocenters. The Balaban J connectivity index is 2.68. The maximum Gasteiger partial charge on any atom is 0.125 e. The number of fused-ring (bicyclic) bond motifs is 1. The molecule has 0 fully saturated rings. The van der Waals surface area contributed by atoms with E-state index in [1.165, 1.54) is 11.1 Å². The van der Waals surface area contributed by atoms with Gasteiger partial charge in [0.25, 0.3) is 0 Å². The molecule has 62 valence electrons. The highest BCUT2D eigenvalue weighted by molar-refractivity contribution is 9.25. The third kappa shape index (κ3) is 1.32. The van der Waals surface area contributed by atoms with Gasteiger partial charge in [0, 0.05) is 4.48 Å². The van der Waals surface area contributed by atoms with Crippen LogP contribution in [0, 0.1) is 0 Å². The maximum atomic E-state index is 3.59. The van der Waals surface area contributed by atoms with Gasteiger partial charge >= 0.3 is 0 Å². The minimum absolute atomic E-state index is 0.185. The van der Waals surface area contributed by atoms with Crippen LogP contribution in [0.2, 0.25) is 0 Å². The number of benzene rings is 1. The van der Waals surface area contributed by atoms with Crippen LogP contribution in [0.3, 0.4) is 0 Å². The van der Waals surface area contributed by atoms with Gasteiger partial charge in [0.15, 0.2) is 0 Å². The van der Waals surface area contributed by atoms with Crippen LogP contribution in [0.4, 0.5) is 0 Å². The molecular formula is C9H5Br3.